The summed E-state index contributed by atoms with van der Waals surface area (Å²) in [6, 6.07) is 27.7. The molecule has 0 fully saturated rings. The molecule has 1 aromatic heterocycles. The number of halogens is 3. The summed E-state index contributed by atoms with van der Waals surface area (Å²) in [5.74, 6) is 1.15. The summed E-state index contributed by atoms with van der Waals surface area (Å²) in [6.07, 6.45) is -1.96. The van der Waals surface area contributed by atoms with Gasteiger partial charge in [0.15, 0.2) is 5.82 Å². The average molecular weight is 771 g/mol. The van der Waals surface area contributed by atoms with Crippen LogP contribution in [0.5, 0.6) is 0 Å². The second-order valence-corrected chi connectivity index (χ2v) is 12.8. The van der Waals surface area contributed by atoms with E-state index in [2.05, 4.69) is 101 Å². The van der Waals surface area contributed by atoms with Gasteiger partial charge in [0.25, 0.3) is 0 Å². The van der Waals surface area contributed by atoms with Crippen molar-refractivity contribution in [3.63, 3.8) is 0 Å². The van der Waals surface area contributed by atoms with Crippen LogP contribution in [0, 0.1) is 6.92 Å². The van der Waals surface area contributed by atoms with Crippen molar-refractivity contribution in [1.82, 2.24) is 20.1 Å². The zero-order chi connectivity index (χ0) is 31.0. The van der Waals surface area contributed by atoms with Crippen molar-refractivity contribution >= 4 is 3.34 Å². The molecule has 1 N–H and O–H groups in total. The summed E-state index contributed by atoms with van der Waals surface area (Å²) in [7, 11) is 0. The molecule has 0 amide bonds. The van der Waals surface area contributed by atoms with Crippen LogP contribution < -0.4 is 0 Å². The normalized spacial score (nSPS) is 13.7. The molecule has 5 rings (SSSR count). The van der Waals surface area contributed by atoms with Crippen LogP contribution in [0.15, 0.2) is 113 Å². The average Bonchev–Trinajstić information content (AvgIpc) is 3.43. The first-order valence-electron chi connectivity index (χ1n) is 14.4. The van der Waals surface area contributed by atoms with Gasteiger partial charge >= 0.3 is 180 Å². The number of benzene rings is 3. The van der Waals surface area contributed by atoms with Crippen molar-refractivity contribution in [2.75, 3.05) is 0 Å². The van der Waals surface area contributed by atoms with Crippen molar-refractivity contribution in [3.8, 4) is 11.4 Å². The Labute approximate surface area is 267 Å². The van der Waals surface area contributed by atoms with Crippen LogP contribution in [0.3, 0.4) is 0 Å². The maximum absolute atomic E-state index is 12.1. The summed E-state index contributed by atoms with van der Waals surface area (Å²) in [5.41, 5.74) is 7.21. The van der Waals surface area contributed by atoms with Crippen LogP contribution in [0.4, 0.5) is 13.2 Å². The van der Waals surface area contributed by atoms with Crippen molar-refractivity contribution in [2.24, 2.45) is 4.99 Å². The number of aliphatic imine (C=N–C) groups is 1. The molecule has 3 aromatic carbocycles. The zero-order valence-corrected chi connectivity index (χ0v) is 30.3. The van der Waals surface area contributed by atoms with Gasteiger partial charge in [-0.05, 0) is 12.5 Å². The van der Waals surface area contributed by atoms with Gasteiger partial charge in [0.1, 0.15) is 5.82 Å². The Bertz CT molecular complexity index is 1520. The summed E-state index contributed by atoms with van der Waals surface area (Å²) < 4.78 is 37.6. The van der Waals surface area contributed by atoms with E-state index in [4.69, 9.17) is 4.99 Å². The molecule has 0 saturated carbocycles. The number of aromatic nitrogens is 3. The molecule has 0 bridgehead atoms. The molecule has 5 nitrogen and oxygen atoms in total. The fourth-order valence-corrected chi connectivity index (χ4v) is 7.31. The topological polar surface area (TPSA) is 57.2 Å². The first kappa shape index (κ1) is 32.4. The number of nitrogens with zero attached hydrogens (tertiary/aromatic N) is 4. The van der Waals surface area contributed by atoms with E-state index >= 15 is 0 Å². The summed E-state index contributed by atoms with van der Waals surface area (Å²) in [5, 5.41) is 6.61. The number of aromatic amines is 1. The quantitative estimate of drug-likeness (QED) is 0.182. The minimum atomic E-state index is -4.18. The smallest absolute Gasteiger partial charge is 0.263 e. The molecule has 4 aromatic rings. The Balaban J connectivity index is 0.000000215. The summed E-state index contributed by atoms with van der Waals surface area (Å²) in [6.45, 7) is 10.7. The standard InChI is InChI=1S/C23H25N2.C11H10F3N3.Hg/c1-4-12-21-18(3)25(17-24-22(21)5-2)23(19-13-8-6-9-14-19)20-15-10-7-11-16-20;1-7-15-10(17-16-7)9-4-2-8(3-5-9)6-11(12,13)14;/h6-11,13-16,23H,3-5,12H2,1-2H3;2-5H,6H2,1H3,(H,15,16,17);. The summed E-state index contributed by atoms with van der Waals surface area (Å²) in [4.78, 5) is 11.5. The van der Waals surface area contributed by atoms with Gasteiger partial charge in [0, 0.05) is 5.56 Å². The Hall–Kier alpha value is -3.52. The molecule has 0 spiro atoms. The van der Waals surface area contributed by atoms with Gasteiger partial charge in [0.2, 0.25) is 0 Å². The van der Waals surface area contributed by atoms with E-state index in [0.29, 0.717) is 43.3 Å². The number of nitrogens with one attached hydrogen (secondary N) is 1. The number of hydrogen-bond donors (Lipinski definition) is 1. The maximum atomic E-state index is 12.1. The van der Waals surface area contributed by atoms with E-state index in [1.54, 1.807) is 19.1 Å². The zero-order valence-electron chi connectivity index (χ0n) is 24.8. The largest absolute Gasteiger partial charge is 0.393 e. The molecule has 2 heterocycles. The first-order chi connectivity index (χ1) is 20.6. The van der Waals surface area contributed by atoms with Crippen LogP contribution in [-0.4, -0.2) is 29.6 Å². The molecule has 9 heteroatoms. The third-order valence-corrected chi connectivity index (χ3v) is 9.01. The number of amidine groups is 1. The van der Waals surface area contributed by atoms with E-state index < -0.39 is 12.6 Å². The van der Waals surface area contributed by atoms with Crippen LogP contribution >= 0.6 is 0 Å². The molecule has 1 aliphatic rings. The Morgan fingerprint density at radius 3 is 1.95 bits per heavy atom. The van der Waals surface area contributed by atoms with E-state index in [1.807, 2.05) is 0 Å². The predicted octanol–water partition coefficient (Wildman–Crippen LogP) is 8.86. The van der Waals surface area contributed by atoms with E-state index in [1.165, 1.54) is 37.9 Å². The Morgan fingerprint density at radius 1 is 0.907 bits per heavy atom. The number of H-pyrrole nitrogens is 1. The van der Waals surface area contributed by atoms with Gasteiger partial charge in [0.05, 0.1) is 6.42 Å². The van der Waals surface area contributed by atoms with Gasteiger partial charge in [-0.15, -0.1) is 0 Å². The monoisotopic (exact) mass is 772 g/mol. The first-order valence-corrected chi connectivity index (χ1v) is 17.1. The van der Waals surface area contributed by atoms with Crippen LogP contribution in [-0.2, 0) is 32.5 Å². The molecular weight excluding hydrogens is 736 g/mol. The van der Waals surface area contributed by atoms with E-state index in [9.17, 15) is 13.2 Å². The molecule has 0 aliphatic carbocycles. The van der Waals surface area contributed by atoms with Crippen molar-refractivity contribution in [2.45, 2.75) is 58.7 Å². The van der Waals surface area contributed by atoms with Crippen LogP contribution in [0.25, 0.3) is 11.4 Å². The fourth-order valence-electron chi connectivity index (χ4n) is 5.12. The van der Waals surface area contributed by atoms with Gasteiger partial charge < -0.3 is 0 Å². The second kappa shape index (κ2) is 14.8. The summed E-state index contributed by atoms with van der Waals surface area (Å²) >= 11 is 0.408. The third kappa shape index (κ3) is 8.53. The molecule has 1 aliphatic heterocycles. The van der Waals surface area contributed by atoms with Crippen molar-refractivity contribution < 1.29 is 39.3 Å². The van der Waals surface area contributed by atoms with Gasteiger partial charge in [-0.1, -0.05) is 24.3 Å². The minimum Gasteiger partial charge on any atom is -0.263 e. The fraction of sp³-hybridized carbons (Fsp3) is 0.265. The number of aryl methyl sites for hydroxylation is 1. The number of allylic oxidation sites excluding steroid dienone is 2. The molecule has 219 valence electrons. The SMILES string of the molecule is C=C1C(CCC)=C(CC)N=[C]([Hg])N1C(c1ccccc1)c1ccccc1.Cc1nc(-c2ccc(CC(F)(F)F)cc2)n[nH]1. The van der Waals surface area contributed by atoms with Crippen LogP contribution in [0.2, 0.25) is 0 Å². The van der Waals surface area contributed by atoms with Crippen molar-refractivity contribution in [1.29, 1.82) is 0 Å². The number of rotatable bonds is 8. The Morgan fingerprint density at radius 2 is 1.49 bits per heavy atom. The Kier molecular flexibility index (Phi) is 11.1. The van der Waals surface area contributed by atoms with Gasteiger partial charge in [-0.3, -0.25) is 5.10 Å². The van der Waals surface area contributed by atoms with Gasteiger partial charge in [-0.2, -0.15) is 18.3 Å². The molecule has 0 unspecified atom stereocenters. The third-order valence-electron chi connectivity index (χ3n) is 7.07. The molecule has 0 saturated heterocycles. The second-order valence-electron chi connectivity index (χ2n) is 10.3. The number of hydrogen-bond acceptors (Lipinski definition) is 4. The molecule has 43 heavy (non-hydrogen) atoms. The molecular formula is C34H35F3HgN5. The van der Waals surface area contributed by atoms with E-state index in [0.717, 1.165) is 25.0 Å². The van der Waals surface area contributed by atoms with E-state index in [-0.39, 0.29) is 11.6 Å². The molecule has 0 atom stereocenters. The molecule has 0 radical (unpaired) electrons. The maximum Gasteiger partial charge on any atom is 0.393 e. The van der Waals surface area contributed by atoms with Gasteiger partial charge in [-0.25, -0.2) is 4.98 Å². The minimum absolute atomic E-state index is 0.131. The predicted molar refractivity (Wildman–Crippen MR) is 162 cm³/mol. The van der Waals surface area contributed by atoms with Crippen LogP contribution in [0.1, 0.15) is 61.7 Å². The van der Waals surface area contributed by atoms with Crippen molar-refractivity contribution in [3.05, 3.63) is 131 Å². The number of alkyl halides is 3.